The van der Waals surface area contributed by atoms with E-state index in [-0.39, 0.29) is 29.5 Å². The largest absolute Gasteiger partial charge is 0.459 e. The van der Waals surface area contributed by atoms with Crippen molar-refractivity contribution >= 4 is 16.9 Å². The molecular weight excluding hydrogens is 366 g/mol. The lowest BCUT2D eigenvalue weighted by molar-refractivity contribution is -0.476. The second-order valence-electron chi connectivity index (χ2n) is 10.0. The molecule has 0 amide bonds. The van der Waals surface area contributed by atoms with Crippen LogP contribution in [0.15, 0.2) is 36.5 Å². The molecule has 29 heavy (non-hydrogen) atoms. The normalized spacial score (nSPS) is 43.7. The predicted molar refractivity (Wildman–Crippen MR) is 108 cm³/mol. The number of aromatic nitrogens is 1. The van der Waals surface area contributed by atoms with Gasteiger partial charge in [0, 0.05) is 30.6 Å². The minimum Gasteiger partial charge on any atom is -0.459 e. The first-order chi connectivity index (χ1) is 14.0. The van der Waals surface area contributed by atoms with E-state index in [1.807, 2.05) is 6.07 Å². The topological polar surface area (TPSA) is 49.7 Å². The number of benzene rings is 1. The Bertz CT molecular complexity index is 969. The first-order valence-electron chi connectivity index (χ1n) is 11.1. The molecule has 0 N–H and O–H groups in total. The van der Waals surface area contributed by atoms with Gasteiger partial charge in [-0.2, -0.15) is 0 Å². The van der Waals surface area contributed by atoms with E-state index in [9.17, 15) is 4.79 Å². The van der Waals surface area contributed by atoms with E-state index in [0.29, 0.717) is 18.4 Å². The van der Waals surface area contributed by atoms with Crippen LogP contribution in [0, 0.1) is 23.7 Å². The van der Waals surface area contributed by atoms with Gasteiger partial charge < -0.3 is 9.30 Å². The maximum Gasteiger partial charge on any atom is 0.311 e. The Balaban J connectivity index is 1.41. The first kappa shape index (κ1) is 18.0. The zero-order valence-corrected chi connectivity index (χ0v) is 17.2. The summed E-state index contributed by atoms with van der Waals surface area (Å²) >= 11 is 0. The van der Waals surface area contributed by atoms with E-state index in [2.05, 4.69) is 48.9 Å². The van der Waals surface area contributed by atoms with Crippen molar-refractivity contribution in [2.24, 2.45) is 23.7 Å². The van der Waals surface area contributed by atoms with E-state index in [1.165, 1.54) is 5.39 Å². The summed E-state index contributed by atoms with van der Waals surface area (Å²) in [6.45, 7) is 5.07. The lowest BCUT2D eigenvalue weighted by Gasteiger charge is -2.59. The molecule has 2 aliphatic carbocycles. The molecule has 7 atom stereocenters. The van der Waals surface area contributed by atoms with Crippen molar-refractivity contribution in [3.05, 3.63) is 36.5 Å². The molecule has 5 nitrogen and oxygen atoms in total. The van der Waals surface area contributed by atoms with Crippen molar-refractivity contribution in [1.29, 1.82) is 0 Å². The summed E-state index contributed by atoms with van der Waals surface area (Å²) in [5.41, 5.74) is 0.325. The van der Waals surface area contributed by atoms with Gasteiger partial charge in [-0.25, -0.2) is 9.78 Å². The van der Waals surface area contributed by atoms with Gasteiger partial charge in [0.25, 0.3) is 0 Å². The van der Waals surface area contributed by atoms with Gasteiger partial charge >= 0.3 is 5.97 Å². The number of nitrogens with zero attached hydrogens (tertiary/aromatic N) is 1. The van der Waals surface area contributed by atoms with Gasteiger partial charge in [0.1, 0.15) is 17.3 Å². The second kappa shape index (κ2) is 6.08. The molecule has 4 unspecified atom stereocenters. The molecule has 1 aromatic carbocycles. The van der Waals surface area contributed by atoms with Crippen molar-refractivity contribution in [2.75, 3.05) is 0 Å². The SMILES string of the molecule is C[C@@H]1CCC2C(Cn3ccc4ccccc43)C(=O)OC3C[C@]4(C)CCC1[C@]32OO4. The van der Waals surface area contributed by atoms with Crippen molar-refractivity contribution in [3.8, 4) is 0 Å². The van der Waals surface area contributed by atoms with Crippen LogP contribution in [0.25, 0.3) is 10.9 Å². The fraction of sp³-hybridized carbons (Fsp3) is 0.625. The highest BCUT2D eigenvalue weighted by Crippen LogP contribution is 2.60. The maximum absolute atomic E-state index is 13.3. The standard InChI is InChI=1S/C24H29NO4/c1-15-7-8-19-17(14-25-12-10-16-5-3-4-6-20(16)25)22(26)27-21-13-23(2)11-9-18(15)24(19,21)29-28-23/h3-6,10,12,15,17-19,21H,7-9,11,13-14H2,1-2H3/t15-,17?,18?,19?,21?,23+,24-/m1/s1. The molecule has 4 heterocycles. The van der Waals surface area contributed by atoms with Crippen LogP contribution in [0.4, 0.5) is 0 Å². The highest BCUT2D eigenvalue weighted by molar-refractivity contribution is 5.80. The van der Waals surface area contributed by atoms with E-state index < -0.39 is 5.60 Å². The Hall–Kier alpha value is -1.85. The molecule has 5 fully saturated rings. The number of carbonyl (C=O) groups excluding carboxylic acids is 1. The Morgan fingerprint density at radius 1 is 1.10 bits per heavy atom. The van der Waals surface area contributed by atoms with Crippen LogP contribution in [-0.2, 0) is 25.9 Å². The molecule has 2 bridgehead atoms. The number of fused-ring (bicyclic) bond motifs is 3. The van der Waals surface area contributed by atoms with Crippen LogP contribution < -0.4 is 0 Å². The number of carbonyl (C=O) groups is 1. The summed E-state index contributed by atoms with van der Waals surface area (Å²) in [5, 5.41) is 1.20. The van der Waals surface area contributed by atoms with Crippen LogP contribution >= 0.6 is 0 Å². The van der Waals surface area contributed by atoms with Crippen molar-refractivity contribution in [2.45, 2.75) is 69.8 Å². The molecule has 7 rings (SSSR count). The number of rotatable bonds is 2. The molecule has 1 spiro atoms. The lowest BCUT2D eigenvalue weighted by atomic mass is 9.56. The molecular formula is C24H29NO4. The van der Waals surface area contributed by atoms with Gasteiger partial charge in [-0.3, -0.25) is 4.79 Å². The average Bonchev–Trinajstić information content (AvgIpc) is 2.98. The minimum atomic E-state index is -0.491. The van der Waals surface area contributed by atoms with Gasteiger partial charge in [0.15, 0.2) is 0 Å². The summed E-state index contributed by atoms with van der Waals surface area (Å²) in [6.07, 6.45) is 6.84. The summed E-state index contributed by atoms with van der Waals surface area (Å²) < 4.78 is 8.37. The third-order valence-electron chi connectivity index (χ3n) is 8.39. The summed E-state index contributed by atoms with van der Waals surface area (Å²) in [4.78, 5) is 25.6. The number of esters is 1. The van der Waals surface area contributed by atoms with Crippen molar-refractivity contribution < 1.29 is 19.3 Å². The predicted octanol–water partition coefficient (Wildman–Crippen LogP) is 4.49. The van der Waals surface area contributed by atoms with Crippen LogP contribution in [0.5, 0.6) is 0 Å². The van der Waals surface area contributed by atoms with Crippen molar-refractivity contribution in [1.82, 2.24) is 4.57 Å². The van der Waals surface area contributed by atoms with Gasteiger partial charge in [0.05, 0.1) is 5.92 Å². The molecule has 1 aromatic heterocycles. The minimum absolute atomic E-state index is 0.0588. The fourth-order valence-corrected chi connectivity index (χ4v) is 6.87. The monoisotopic (exact) mass is 395 g/mol. The van der Waals surface area contributed by atoms with Crippen LogP contribution in [0.2, 0.25) is 0 Å². The third kappa shape index (κ3) is 2.43. The molecule has 3 aliphatic heterocycles. The van der Waals surface area contributed by atoms with Gasteiger partial charge in [-0.05, 0) is 62.0 Å². The average molecular weight is 395 g/mol. The van der Waals surface area contributed by atoms with Crippen LogP contribution in [0.3, 0.4) is 0 Å². The maximum atomic E-state index is 13.3. The molecule has 0 radical (unpaired) electrons. The summed E-state index contributed by atoms with van der Waals surface area (Å²) in [7, 11) is 0. The Labute approximate surface area is 171 Å². The third-order valence-corrected chi connectivity index (χ3v) is 8.39. The lowest BCUT2D eigenvalue weighted by Crippen LogP contribution is -2.69. The molecule has 2 aromatic rings. The number of hydrogen-bond acceptors (Lipinski definition) is 4. The van der Waals surface area contributed by atoms with E-state index in [4.69, 9.17) is 14.5 Å². The van der Waals surface area contributed by atoms with E-state index >= 15 is 0 Å². The van der Waals surface area contributed by atoms with E-state index in [1.54, 1.807) is 0 Å². The molecule has 3 saturated heterocycles. The highest BCUT2D eigenvalue weighted by Gasteiger charge is 2.69. The first-order valence-corrected chi connectivity index (χ1v) is 11.1. The van der Waals surface area contributed by atoms with E-state index in [0.717, 1.165) is 37.6 Å². The van der Waals surface area contributed by atoms with Crippen LogP contribution in [0.1, 0.15) is 46.0 Å². The van der Waals surface area contributed by atoms with Gasteiger partial charge in [0.2, 0.25) is 0 Å². The molecule has 154 valence electrons. The molecule has 5 heteroatoms. The van der Waals surface area contributed by atoms with Gasteiger partial charge in [-0.15, -0.1) is 0 Å². The number of ether oxygens (including phenoxy) is 1. The summed E-state index contributed by atoms with van der Waals surface area (Å²) in [6, 6.07) is 10.5. The molecule has 2 saturated carbocycles. The quantitative estimate of drug-likeness (QED) is 0.555. The summed E-state index contributed by atoms with van der Waals surface area (Å²) in [5.74, 6) is 0.813. The zero-order chi connectivity index (χ0) is 19.8. The Morgan fingerprint density at radius 2 is 1.97 bits per heavy atom. The van der Waals surface area contributed by atoms with Gasteiger partial charge in [-0.1, -0.05) is 25.1 Å². The smallest absolute Gasteiger partial charge is 0.311 e. The Morgan fingerprint density at radius 3 is 2.86 bits per heavy atom. The Kier molecular flexibility index (Phi) is 3.77. The number of hydrogen-bond donors (Lipinski definition) is 0. The number of para-hydroxylation sites is 1. The van der Waals surface area contributed by atoms with Crippen LogP contribution in [-0.4, -0.2) is 27.8 Å². The molecule has 5 aliphatic rings. The fourth-order valence-electron chi connectivity index (χ4n) is 6.87. The van der Waals surface area contributed by atoms with Crippen molar-refractivity contribution in [3.63, 3.8) is 0 Å². The second-order valence-corrected chi connectivity index (χ2v) is 10.0. The highest BCUT2D eigenvalue weighted by atomic mass is 17.2. The zero-order valence-electron chi connectivity index (χ0n) is 17.2.